The lowest BCUT2D eigenvalue weighted by atomic mass is 9.99. The molecular weight excluding hydrogens is 394 g/mol. The Hall–Kier alpha value is -2.40. The molecule has 2 aromatic carbocycles. The Balaban J connectivity index is 1.55. The van der Waals surface area contributed by atoms with Crippen LogP contribution < -0.4 is 0 Å². The van der Waals surface area contributed by atoms with Crippen molar-refractivity contribution in [2.45, 2.75) is 26.0 Å². The lowest BCUT2D eigenvalue weighted by molar-refractivity contribution is -0.155. The average molecular weight is 414 g/mol. The summed E-state index contributed by atoms with van der Waals surface area (Å²) in [6.45, 7) is 2.83. The smallest absolute Gasteiger partial charge is 0.331 e. The van der Waals surface area contributed by atoms with Gasteiger partial charge in [0.2, 0.25) is 0 Å². The van der Waals surface area contributed by atoms with E-state index < -0.39 is 12.1 Å². The molecule has 0 aromatic heterocycles. The summed E-state index contributed by atoms with van der Waals surface area (Å²) in [6.07, 6.45) is 3.04. The van der Waals surface area contributed by atoms with Gasteiger partial charge in [-0.2, -0.15) is 0 Å². The molecule has 1 unspecified atom stereocenters. The van der Waals surface area contributed by atoms with E-state index in [9.17, 15) is 9.59 Å². The highest BCUT2D eigenvalue weighted by Gasteiger charge is 2.26. The fourth-order valence-electron chi connectivity index (χ4n) is 2.94. The fourth-order valence-corrected chi connectivity index (χ4v) is 3.21. The van der Waals surface area contributed by atoms with Gasteiger partial charge in [-0.05, 0) is 48.2 Å². The van der Waals surface area contributed by atoms with Crippen molar-refractivity contribution in [3.63, 3.8) is 0 Å². The number of carbonyl (C=O) groups is 2. The molecule has 0 saturated carbocycles. The molecule has 0 spiro atoms. The molecule has 0 N–H and O–H groups in total. The maximum atomic E-state index is 12.6. The molecule has 0 fully saturated rings. The molecule has 5 heteroatoms. The van der Waals surface area contributed by atoms with E-state index >= 15 is 0 Å². The van der Waals surface area contributed by atoms with E-state index in [1.54, 1.807) is 17.9 Å². The third-order valence-electron chi connectivity index (χ3n) is 4.36. The van der Waals surface area contributed by atoms with E-state index in [2.05, 4.69) is 22.0 Å². The number of ether oxygens (including phenoxy) is 1. The van der Waals surface area contributed by atoms with E-state index in [0.717, 1.165) is 22.0 Å². The zero-order valence-corrected chi connectivity index (χ0v) is 16.1. The van der Waals surface area contributed by atoms with Gasteiger partial charge < -0.3 is 9.64 Å². The highest BCUT2D eigenvalue weighted by molar-refractivity contribution is 9.10. The quantitative estimate of drug-likeness (QED) is 0.562. The minimum absolute atomic E-state index is 0.162. The zero-order chi connectivity index (χ0) is 18.5. The molecule has 2 aromatic rings. The van der Waals surface area contributed by atoms with Crippen LogP contribution in [-0.2, 0) is 27.3 Å². The summed E-state index contributed by atoms with van der Waals surface area (Å²) in [5, 5.41) is 0. The van der Waals surface area contributed by atoms with Gasteiger partial charge in [0.15, 0.2) is 6.10 Å². The third-order valence-corrected chi connectivity index (χ3v) is 4.89. The molecule has 1 atom stereocenters. The summed E-state index contributed by atoms with van der Waals surface area (Å²) in [5.74, 6) is -0.684. The van der Waals surface area contributed by atoms with Crippen molar-refractivity contribution in [1.29, 1.82) is 0 Å². The summed E-state index contributed by atoms with van der Waals surface area (Å²) >= 11 is 3.36. The predicted octanol–water partition coefficient (Wildman–Crippen LogP) is 3.98. The van der Waals surface area contributed by atoms with Crippen LogP contribution in [0.15, 0.2) is 59.1 Å². The minimum atomic E-state index is -0.803. The Bertz CT molecular complexity index is 829. The van der Waals surface area contributed by atoms with Crippen molar-refractivity contribution in [2.75, 3.05) is 6.54 Å². The van der Waals surface area contributed by atoms with Crippen molar-refractivity contribution in [3.05, 3.63) is 75.8 Å². The second-order valence-electron chi connectivity index (χ2n) is 6.24. The van der Waals surface area contributed by atoms with Gasteiger partial charge in [0.05, 0.1) is 0 Å². The van der Waals surface area contributed by atoms with Crippen LogP contribution in [0.25, 0.3) is 6.08 Å². The maximum absolute atomic E-state index is 12.6. The van der Waals surface area contributed by atoms with E-state index in [-0.39, 0.29) is 5.91 Å². The lowest BCUT2D eigenvalue weighted by Crippen LogP contribution is -2.42. The number of benzene rings is 2. The summed E-state index contributed by atoms with van der Waals surface area (Å²) < 4.78 is 6.24. The molecule has 0 aliphatic carbocycles. The minimum Gasteiger partial charge on any atom is -0.449 e. The van der Waals surface area contributed by atoms with Crippen LogP contribution in [0.1, 0.15) is 23.6 Å². The fraction of sp³-hybridized carbons (Fsp3) is 0.238. The number of hydrogen-bond acceptors (Lipinski definition) is 3. The molecule has 0 saturated heterocycles. The normalized spacial score (nSPS) is 14.8. The van der Waals surface area contributed by atoms with E-state index in [4.69, 9.17) is 4.74 Å². The second kappa shape index (κ2) is 8.32. The number of halogens is 1. The summed E-state index contributed by atoms with van der Waals surface area (Å²) in [5.41, 5.74) is 3.32. The van der Waals surface area contributed by atoms with Gasteiger partial charge in [-0.1, -0.05) is 52.3 Å². The number of nitrogens with zero attached hydrogens (tertiary/aromatic N) is 1. The van der Waals surface area contributed by atoms with Crippen LogP contribution in [0.2, 0.25) is 0 Å². The van der Waals surface area contributed by atoms with Gasteiger partial charge in [0.1, 0.15) is 0 Å². The van der Waals surface area contributed by atoms with Gasteiger partial charge in [0, 0.05) is 23.6 Å². The van der Waals surface area contributed by atoms with Crippen LogP contribution in [0.3, 0.4) is 0 Å². The van der Waals surface area contributed by atoms with Crippen LogP contribution in [0, 0.1) is 0 Å². The predicted molar refractivity (Wildman–Crippen MR) is 104 cm³/mol. The second-order valence-corrected chi connectivity index (χ2v) is 7.16. The maximum Gasteiger partial charge on any atom is 0.331 e. The van der Waals surface area contributed by atoms with Gasteiger partial charge in [-0.25, -0.2) is 4.79 Å². The molecule has 1 aliphatic heterocycles. The zero-order valence-electron chi connectivity index (χ0n) is 14.5. The molecule has 3 rings (SSSR count). The summed E-state index contributed by atoms with van der Waals surface area (Å²) in [7, 11) is 0. The Morgan fingerprint density at radius 2 is 1.81 bits per heavy atom. The lowest BCUT2D eigenvalue weighted by Gasteiger charge is -2.30. The van der Waals surface area contributed by atoms with E-state index in [0.29, 0.717) is 13.1 Å². The number of amides is 1. The highest BCUT2D eigenvalue weighted by Crippen LogP contribution is 2.19. The van der Waals surface area contributed by atoms with Crippen molar-refractivity contribution in [1.82, 2.24) is 4.90 Å². The molecule has 0 bridgehead atoms. The van der Waals surface area contributed by atoms with E-state index in [1.807, 2.05) is 42.5 Å². The first kappa shape index (κ1) is 18.4. The van der Waals surface area contributed by atoms with Crippen LogP contribution >= 0.6 is 15.9 Å². The van der Waals surface area contributed by atoms with Gasteiger partial charge in [-0.15, -0.1) is 0 Å². The standard InChI is InChI=1S/C21H20BrNO3/c1-15(26-20(24)11-8-16-6-9-19(22)10-7-16)21(25)23-13-12-17-4-2-3-5-18(17)14-23/h2-11,15H,12-14H2,1H3/b11-8+. The van der Waals surface area contributed by atoms with Crippen molar-refractivity contribution in [3.8, 4) is 0 Å². The monoisotopic (exact) mass is 413 g/mol. The summed E-state index contributed by atoms with van der Waals surface area (Å²) in [4.78, 5) is 26.3. The molecule has 0 radical (unpaired) electrons. The number of rotatable bonds is 4. The highest BCUT2D eigenvalue weighted by atomic mass is 79.9. The SMILES string of the molecule is CC(OC(=O)/C=C/c1ccc(Br)cc1)C(=O)N1CCc2ccccc2C1. The number of hydrogen-bond donors (Lipinski definition) is 0. The Morgan fingerprint density at radius 3 is 2.54 bits per heavy atom. The number of fused-ring (bicyclic) bond motifs is 1. The number of carbonyl (C=O) groups excluding carboxylic acids is 2. The van der Waals surface area contributed by atoms with Crippen molar-refractivity contribution in [2.24, 2.45) is 0 Å². The Kier molecular flexibility index (Phi) is 5.89. The Morgan fingerprint density at radius 1 is 1.12 bits per heavy atom. The first-order chi connectivity index (χ1) is 12.5. The molecule has 1 amide bonds. The van der Waals surface area contributed by atoms with Gasteiger partial charge >= 0.3 is 5.97 Å². The Labute approximate surface area is 161 Å². The topological polar surface area (TPSA) is 46.6 Å². The molecular formula is C21H20BrNO3. The number of esters is 1. The average Bonchev–Trinajstić information content (AvgIpc) is 2.66. The largest absolute Gasteiger partial charge is 0.449 e. The van der Waals surface area contributed by atoms with Crippen LogP contribution in [-0.4, -0.2) is 29.4 Å². The van der Waals surface area contributed by atoms with Crippen molar-refractivity contribution >= 4 is 33.9 Å². The van der Waals surface area contributed by atoms with Crippen LogP contribution in [0.4, 0.5) is 0 Å². The molecule has 1 aliphatic rings. The molecule has 1 heterocycles. The third kappa shape index (κ3) is 4.61. The van der Waals surface area contributed by atoms with Gasteiger partial charge in [-0.3, -0.25) is 4.79 Å². The van der Waals surface area contributed by atoms with Gasteiger partial charge in [0.25, 0.3) is 5.91 Å². The molecule has 4 nitrogen and oxygen atoms in total. The first-order valence-electron chi connectivity index (χ1n) is 8.53. The van der Waals surface area contributed by atoms with Crippen LogP contribution in [0.5, 0.6) is 0 Å². The van der Waals surface area contributed by atoms with Crippen molar-refractivity contribution < 1.29 is 14.3 Å². The first-order valence-corrected chi connectivity index (χ1v) is 9.32. The van der Waals surface area contributed by atoms with E-state index in [1.165, 1.54) is 11.6 Å². The molecule has 26 heavy (non-hydrogen) atoms. The molecule has 134 valence electrons. The summed E-state index contributed by atoms with van der Waals surface area (Å²) in [6, 6.07) is 15.7.